The Labute approximate surface area is 146 Å². The fourth-order valence-electron chi connectivity index (χ4n) is 2.78. The molecule has 0 saturated heterocycles. The van der Waals surface area contributed by atoms with Crippen LogP contribution in [0.25, 0.3) is 0 Å². The Balaban J connectivity index is 2.05. The summed E-state index contributed by atoms with van der Waals surface area (Å²) in [6.07, 6.45) is 1.67. The Morgan fingerprint density at radius 3 is 2.42 bits per heavy atom. The van der Waals surface area contributed by atoms with Crippen molar-refractivity contribution < 1.29 is 9.00 Å². The van der Waals surface area contributed by atoms with Crippen molar-refractivity contribution in [1.29, 1.82) is 0 Å². The van der Waals surface area contributed by atoms with Crippen molar-refractivity contribution in [1.82, 2.24) is 5.32 Å². The van der Waals surface area contributed by atoms with Gasteiger partial charge in [0.2, 0.25) is 0 Å². The minimum atomic E-state index is -0.912. The van der Waals surface area contributed by atoms with Crippen molar-refractivity contribution >= 4 is 16.7 Å². The molecule has 2 aromatic carbocycles. The van der Waals surface area contributed by atoms with Crippen LogP contribution in [-0.4, -0.2) is 22.9 Å². The molecule has 2 aromatic rings. The zero-order chi connectivity index (χ0) is 17.5. The Kier molecular flexibility index (Phi) is 6.73. The minimum Gasteiger partial charge on any atom is -0.351 e. The van der Waals surface area contributed by atoms with E-state index in [9.17, 15) is 9.00 Å². The lowest BCUT2D eigenvalue weighted by atomic mass is 9.88. The van der Waals surface area contributed by atoms with Gasteiger partial charge in [0.1, 0.15) is 0 Å². The zero-order valence-corrected chi connectivity index (χ0v) is 15.3. The van der Waals surface area contributed by atoms with Gasteiger partial charge in [0.05, 0.1) is 0 Å². The number of carbonyl (C=O) groups excluding carboxylic acids is 1. The number of hydrogen-bond acceptors (Lipinski definition) is 2. The molecule has 24 heavy (non-hydrogen) atoms. The first-order valence-corrected chi connectivity index (χ1v) is 9.92. The number of carbonyl (C=O) groups is 1. The highest BCUT2D eigenvalue weighted by atomic mass is 32.2. The van der Waals surface area contributed by atoms with Gasteiger partial charge in [0.15, 0.2) is 0 Å². The molecule has 1 amide bonds. The minimum absolute atomic E-state index is 0.0830. The molecule has 2 atom stereocenters. The summed E-state index contributed by atoms with van der Waals surface area (Å²) in [6.45, 7) is 4.94. The number of nitrogens with one attached hydrogen (secondary N) is 1. The van der Waals surface area contributed by atoms with Crippen LogP contribution in [-0.2, 0) is 16.6 Å². The SMILES string of the molecule is CC(C)[C@@H](CNC(=O)c1cccc(C[S@@](C)=O)c1)c1ccccc1. The lowest BCUT2D eigenvalue weighted by Crippen LogP contribution is -2.30. The van der Waals surface area contributed by atoms with Gasteiger partial charge in [-0.1, -0.05) is 56.3 Å². The average molecular weight is 343 g/mol. The molecule has 0 aliphatic carbocycles. The van der Waals surface area contributed by atoms with E-state index in [1.807, 2.05) is 36.4 Å². The van der Waals surface area contributed by atoms with Crippen LogP contribution < -0.4 is 5.32 Å². The summed E-state index contributed by atoms with van der Waals surface area (Å²) >= 11 is 0. The van der Waals surface area contributed by atoms with E-state index in [2.05, 4.69) is 31.3 Å². The predicted molar refractivity (Wildman–Crippen MR) is 101 cm³/mol. The van der Waals surface area contributed by atoms with Crippen LogP contribution in [0, 0.1) is 5.92 Å². The highest BCUT2D eigenvalue weighted by Gasteiger charge is 2.17. The summed E-state index contributed by atoms with van der Waals surface area (Å²) in [4.78, 5) is 12.5. The molecule has 0 aliphatic rings. The third kappa shape index (κ3) is 5.31. The second-order valence-electron chi connectivity index (χ2n) is 6.39. The van der Waals surface area contributed by atoms with Gasteiger partial charge < -0.3 is 5.32 Å². The van der Waals surface area contributed by atoms with Gasteiger partial charge in [-0.15, -0.1) is 0 Å². The maximum Gasteiger partial charge on any atom is 0.251 e. The second-order valence-corrected chi connectivity index (χ2v) is 7.82. The van der Waals surface area contributed by atoms with E-state index >= 15 is 0 Å². The van der Waals surface area contributed by atoms with Crippen LogP contribution >= 0.6 is 0 Å². The Hall–Kier alpha value is -1.94. The predicted octanol–water partition coefficient (Wildman–Crippen LogP) is 3.73. The number of hydrogen-bond donors (Lipinski definition) is 1. The van der Waals surface area contributed by atoms with Crippen molar-refractivity contribution in [2.45, 2.75) is 25.5 Å². The lowest BCUT2D eigenvalue weighted by Gasteiger charge is -2.22. The van der Waals surface area contributed by atoms with Crippen LogP contribution in [0.4, 0.5) is 0 Å². The molecule has 0 unspecified atom stereocenters. The molecule has 0 spiro atoms. The zero-order valence-electron chi connectivity index (χ0n) is 14.5. The molecular formula is C20H25NO2S. The van der Waals surface area contributed by atoms with Crippen LogP contribution in [0.1, 0.15) is 41.3 Å². The van der Waals surface area contributed by atoms with Gasteiger partial charge >= 0.3 is 0 Å². The molecule has 0 aliphatic heterocycles. The quantitative estimate of drug-likeness (QED) is 0.832. The monoisotopic (exact) mass is 343 g/mol. The molecule has 0 heterocycles. The van der Waals surface area contributed by atoms with Crippen molar-refractivity contribution in [3.05, 3.63) is 71.3 Å². The first kappa shape index (κ1) is 18.4. The highest BCUT2D eigenvalue weighted by Crippen LogP contribution is 2.23. The van der Waals surface area contributed by atoms with E-state index in [0.717, 1.165) is 5.56 Å². The number of benzene rings is 2. The van der Waals surface area contributed by atoms with Crippen molar-refractivity contribution in [3.63, 3.8) is 0 Å². The lowest BCUT2D eigenvalue weighted by molar-refractivity contribution is 0.0949. The fraction of sp³-hybridized carbons (Fsp3) is 0.350. The largest absolute Gasteiger partial charge is 0.351 e. The smallest absolute Gasteiger partial charge is 0.251 e. The van der Waals surface area contributed by atoms with Crippen LogP contribution in [0.2, 0.25) is 0 Å². The summed E-state index contributed by atoms with van der Waals surface area (Å²) in [5.74, 6) is 1.10. The standard InChI is InChI=1S/C20H25NO2S/c1-15(2)19(17-9-5-4-6-10-17)13-21-20(22)18-11-7-8-16(12-18)14-24(3)23/h4-12,15,19H,13-14H2,1-3H3,(H,21,22)/t19-,24-/m1/s1. The maximum atomic E-state index is 12.5. The summed E-state index contributed by atoms with van der Waals surface area (Å²) in [6, 6.07) is 17.6. The van der Waals surface area contributed by atoms with Gasteiger partial charge in [-0.05, 0) is 29.2 Å². The number of amides is 1. The molecule has 0 bridgehead atoms. The molecule has 2 rings (SSSR count). The molecule has 3 nitrogen and oxygen atoms in total. The molecular weight excluding hydrogens is 318 g/mol. The normalized spacial score (nSPS) is 13.5. The number of rotatable bonds is 7. The first-order chi connectivity index (χ1) is 11.5. The van der Waals surface area contributed by atoms with Gasteiger partial charge in [0, 0.05) is 40.8 Å². The summed E-state index contributed by atoms with van der Waals surface area (Å²) in [7, 11) is -0.912. The summed E-state index contributed by atoms with van der Waals surface area (Å²) in [5.41, 5.74) is 2.78. The van der Waals surface area contributed by atoms with Crippen molar-refractivity contribution in [3.8, 4) is 0 Å². The van der Waals surface area contributed by atoms with Gasteiger partial charge in [-0.2, -0.15) is 0 Å². The molecule has 1 N–H and O–H groups in total. The van der Waals surface area contributed by atoms with E-state index < -0.39 is 10.8 Å². The first-order valence-electron chi connectivity index (χ1n) is 8.19. The molecule has 4 heteroatoms. The van der Waals surface area contributed by atoms with Crippen LogP contribution in [0.15, 0.2) is 54.6 Å². The third-order valence-corrected chi connectivity index (χ3v) is 4.81. The van der Waals surface area contributed by atoms with E-state index in [-0.39, 0.29) is 11.8 Å². The molecule has 0 radical (unpaired) electrons. The molecule has 0 saturated carbocycles. The van der Waals surface area contributed by atoms with E-state index in [0.29, 0.717) is 23.8 Å². The van der Waals surface area contributed by atoms with Crippen molar-refractivity contribution in [2.24, 2.45) is 5.92 Å². The van der Waals surface area contributed by atoms with E-state index in [1.165, 1.54) is 5.56 Å². The average Bonchev–Trinajstić information content (AvgIpc) is 2.55. The van der Waals surface area contributed by atoms with E-state index in [4.69, 9.17) is 0 Å². The third-order valence-electron chi connectivity index (χ3n) is 4.07. The highest BCUT2D eigenvalue weighted by molar-refractivity contribution is 7.83. The Morgan fingerprint density at radius 1 is 1.08 bits per heavy atom. The van der Waals surface area contributed by atoms with Crippen molar-refractivity contribution in [2.75, 3.05) is 12.8 Å². The van der Waals surface area contributed by atoms with Gasteiger partial charge in [-0.3, -0.25) is 9.00 Å². The molecule has 0 aromatic heterocycles. The van der Waals surface area contributed by atoms with Gasteiger partial charge in [0.25, 0.3) is 5.91 Å². The fourth-order valence-corrected chi connectivity index (χ4v) is 3.43. The van der Waals surface area contributed by atoms with Gasteiger partial charge in [-0.25, -0.2) is 0 Å². The van der Waals surface area contributed by atoms with Crippen LogP contribution in [0.3, 0.4) is 0 Å². The summed E-state index contributed by atoms with van der Waals surface area (Å²) in [5, 5.41) is 3.04. The van der Waals surface area contributed by atoms with E-state index in [1.54, 1.807) is 12.3 Å². The topological polar surface area (TPSA) is 46.2 Å². The van der Waals surface area contributed by atoms with Crippen LogP contribution in [0.5, 0.6) is 0 Å². The maximum absolute atomic E-state index is 12.5. The summed E-state index contributed by atoms with van der Waals surface area (Å²) < 4.78 is 11.4. The Morgan fingerprint density at radius 2 is 1.79 bits per heavy atom. The second kappa shape index (κ2) is 8.78. The molecule has 128 valence electrons. The Bertz CT molecular complexity index is 698. The molecule has 0 fully saturated rings.